The molecule has 0 spiro atoms. The number of carbonyl (C=O) groups is 1. The van der Waals surface area contributed by atoms with E-state index >= 15 is 0 Å². The Hall–Kier alpha value is -2.78. The standard InChI is InChI=1S/C22H27N5O3S/c1-16-5-4-6-18(13-16)27-21(26-9-11-29-12-10-26)23-24-22(27)31-15-20(28)25(3)14-19-8-7-17(2)30-19/h4-8,13H,9-12,14-15H2,1-3H3. The Morgan fingerprint density at radius 1 is 1.16 bits per heavy atom. The highest BCUT2D eigenvalue weighted by Gasteiger charge is 2.23. The fourth-order valence-corrected chi connectivity index (χ4v) is 4.33. The van der Waals surface area contributed by atoms with Crippen LogP contribution >= 0.6 is 11.8 Å². The number of aryl methyl sites for hydroxylation is 2. The first kappa shape index (κ1) is 21.5. The van der Waals surface area contributed by atoms with Gasteiger partial charge in [0.25, 0.3) is 0 Å². The van der Waals surface area contributed by atoms with E-state index in [4.69, 9.17) is 9.15 Å². The number of ether oxygens (including phenoxy) is 1. The van der Waals surface area contributed by atoms with Crippen LogP contribution in [0, 0.1) is 13.8 Å². The molecule has 1 fully saturated rings. The molecule has 31 heavy (non-hydrogen) atoms. The van der Waals surface area contributed by atoms with E-state index in [1.807, 2.05) is 35.8 Å². The third-order valence-corrected chi connectivity index (χ3v) is 6.02. The summed E-state index contributed by atoms with van der Waals surface area (Å²) in [6, 6.07) is 12.0. The molecule has 8 nitrogen and oxygen atoms in total. The molecule has 0 saturated carbocycles. The van der Waals surface area contributed by atoms with Crippen LogP contribution in [0.15, 0.2) is 46.0 Å². The quantitative estimate of drug-likeness (QED) is 0.522. The van der Waals surface area contributed by atoms with Crippen molar-refractivity contribution in [3.05, 3.63) is 53.5 Å². The van der Waals surface area contributed by atoms with E-state index in [-0.39, 0.29) is 11.7 Å². The van der Waals surface area contributed by atoms with Gasteiger partial charge in [-0.15, -0.1) is 10.2 Å². The molecule has 1 aliphatic heterocycles. The highest BCUT2D eigenvalue weighted by atomic mass is 32.2. The van der Waals surface area contributed by atoms with Crippen LogP contribution in [0.25, 0.3) is 5.69 Å². The van der Waals surface area contributed by atoms with Crippen LogP contribution in [0.2, 0.25) is 0 Å². The van der Waals surface area contributed by atoms with Gasteiger partial charge in [-0.1, -0.05) is 23.9 Å². The van der Waals surface area contributed by atoms with E-state index in [0.717, 1.165) is 41.8 Å². The number of hydrogen-bond acceptors (Lipinski definition) is 7. The van der Waals surface area contributed by atoms with Crippen molar-refractivity contribution in [2.45, 2.75) is 25.5 Å². The number of nitrogens with zero attached hydrogens (tertiary/aromatic N) is 5. The van der Waals surface area contributed by atoms with Crippen molar-refractivity contribution in [2.75, 3.05) is 44.0 Å². The van der Waals surface area contributed by atoms with Crippen LogP contribution in [0.1, 0.15) is 17.1 Å². The van der Waals surface area contributed by atoms with Crippen LogP contribution in [-0.4, -0.2) is 64.7 Å². The number of hydrogen-bond donors (Lipinski definition) is 0. The summed E-state index contributed by atoms with van der Waals surface area (Å²) in [7, 11) is 1.78. The summed E-state index contributed by atoms with van der Waals surface area (Å²) >= 11 is 1.39. The Bertz CT molecular complexity index is 1040. The lowest BCUT2D eigenvalue weighted by atomic mass is 10.2. The van der Waals surface area contributed by atoms with Crippen molar-refractivity contribution in [1.82, 2.24) is 19.7 Å². The van der Waals surface area contributed by atoms with Crippen LogP contribution in [0.4, 0.5) is 5.95 Å². The summed E-state index contributed by atoms with van der Waals surface area (Å²) in [4.78, 5) is 16.6. The van der Waals surface area contributed by atoms with Gasteiger partial charge in [-0.2, -0.15) is 0 Å². The molecular formula is C22H27N5O3S. The fraction of sp³-hybridized carbons (Fsp3) is 0.409. The molecule has 0 atom stereocenters. The largest absolute Gasteiger partial charge is 0.464 e. The molecule has 1 saturated heterocycles. The molecule has 3 heterocycles. The van der Waals surface area contributed by atoms with Gasteiger partial charge in [0.05, 0.1) is 31.2 Å². The number of rotatable bonds is 7. The minimum absolute atomic E-state index is 0.00534. The predicted molar refractivity (Wildman–Crippen MR) is 120 cm³/mol. The Labute approximate surface area is 186 Å². The topological polar surface area (TPSA) is 76.6 Å². The van der Waals surface area contributed by atoms with Gasteiger partial charge in [-0.3, -0.25) is 9.36 Å². The zero-order chi connectivity index (χ0) is 21.8. The molecule has 1 aromatic carbocycles. The van der Waals surface area contributed by atoms with E-state index < -0.39 is 0 Å². The van der Waals surface area contributed by atoms with Crippen LogP contribution in [0.3, 0.4) is 0 Å². The maximum absolute atomic E-state index is 12.7. The van der Waals surface area contributed by atoms with Crippen molar-refractivity contribution in [2.24, 2.45) is 0 Å². The fourth-order valence-electron chi connectivity index (χ4n) is 3.45. The van der Waals surface area contributed by atoms with E-state index in [1.165, 1.54) is 11.8 Å². The number of thioether (sulfide) groups is 1. The Balaban J connectivity index is 1.52. The molecule has 4 rings (SSSR count). The van der Waals surface area contributed by atoms with Gasteiger partial charge in [-0.05, 0) is 43.7 Å². The Morgan fingerprint density at radius 3 is 2.68 bits per heavy atom. The smallest absolute Gasteiger partial charge is 0.233 e. The molecular weight excluding hydrogens is 414 g/mol. The number of carbonyl (C=O) groups excluding carboxylic acids is 1. The van der Waals surface area contributed by atoms with Gasteiger partial charge in [0, 0.05) is 20.1 Å². The molecule has 2 aromatic heterocycles. The van der Waals surface area contributed by atoms with Gasteiger partial charge in [-0.25, -0.2) is 0 Å². The number of furan rings is 1. The average molecular weight is 442 g/mol. The maximum Gasteiger partial charge on any atom is 0.233 e. The zero-order valence-corrected chi connectivity index (χ0v) is 18.9. The number of aromatic nitrogens is 3. The number of amides is 1. The number of morpholine rings is 1. The second-order valence-corrected chi connectivity index (χ2v) is 8.55. The summed E-state index contributed by atoms with van der Waals surface area (Å²) in [5.41, 5.74) is 2.14. The van der Waals surface area contributed by atoms with Crippen molar-refractivity contribution >= 4 is 23.6 Å². The second-order valence-electron chi connectivity index (χ2n) is 7.61. The summed E-state index contributed by atoms with van der Waals surface area (Å²) in [5.74, 6) is 2.67. The van der Waals surface area contributed by atoms with Gasteiger partial charge in [0.15, 0.2) is 5.16 Å². The molecule has 0 bridgehead atoms. The summed E-state index contributed by atoms with van der Waals surface area (Å²) in [6.07, 6.45) is 0. The molecule has 0 aliphatic carbocycles. The first-order chi connectivity index (χ1) is 15.0. The van der Waals surface area contributed by atoms with Crippen molar-refractivity contribution in [1.29, 1.82) is 0 Å². The number of anilines is 1. The van der Waals surface area contributed by atoms with E-state index in [9.17, 15) is 4.79 Å². The maximum atomic E-state index is 12.7. The lowest BCUT2D eigenvalue weighted by molar-refractivity contribution is -0.127. The Morgan fingerprint density at radius 2 is 1.97 bits per heavy atom. The van der Waals surface area contributed by atoms with Crippen molar-refractivity contribution in [3.63, 3.8) is 0 Å². The minimum atomic E-state index is 0.00534. The van der Waals surface area contributed by atoms with E-state index in [0.29, 0.717) is 24.9 Å². The molecule has 0 radical (unpaired) electrons. The molecule has 1 aliphatic rings. The predicted octanol–water partition coefficient (Wildman–Crippen LogP) is 3.06. The zero-order valence-electron chi connectivity index (χ0n) is 18.1. The van der Waals surface area contributed by atoms with Gasteiger partial charge < -0.3 is 19.0 Å². The molecule has 0 unspecified atom stereocenters. The van der Waals surface area contributed by atoms with Crippen molar-refractivity contribution < 1.29 is 13.9 Å². The van der Waals surface area contributed by atoms with E-state index in [1.54, 1.807) is 11.9 Å². The lowest BCUT2D eigenvalue weighted by Crippen LogP contribution is -2.37. The van der Waals surface area contributed by atoms with Crippen LogP contribution in [0.5, 0.6) is 0 Å². The first-order valence-corrected chi connectivity index (χ1v) is 11.3. The van der Waals surface area contributed by atoms with Crippen LogP contribution in [-0.2, 0) is 16.1 Å². The molecule has 3 aromatic rings. The summed E-state index contributed by atoms with van der Waals surface area (Å²) < 4.78 is 13.1. The molecule has 0 N–H and O–H groups in total. The van der Waals surface area contributed by atoms with Crippen LogP contribution < -0.4 is 4.90 Å². The third-order valence-electron chi connectivity index (χ3n) is 5.11. The third kappa shape index (κ3) is 5.11. The molecule has 9 heteroatoms. The number of benzene rings is 1. The molecule has 1 amide bonds. The lowest BCUT2D eigenvalue weighted by Gasteiger charge is -2.28. The van der Waals surface area contributed by atoms with Gasteiger partial charge in [0.1, 0.15) is 11.5 Å². The summed E-state index contributed by atoms with van der Waals surface area (Å²) in [5, 5.41) is 9.58. The van der Waals surface area contributed by atoms with Crippen molar-refractivity contribution in [3.8, 4) is 5.69 Å². The second kappa shape index (κ2) is 9.57. The summed E-state index contributed by atoms with van der Waals surface area (Å²) in [6.45, 7) is 7.25. The Kier molecular flexibility index (Phi) is 6.62. The highest BCUT2D eigenvalue weighted by molar-refractivity contribution is 7.99. The SMILES string of the molecule is Cc1cccc(-n2c(SCC(=O)N(C)Cc3ccc(C)o3)nnc2N2CCOCC2)c1. The average Bonchev–Trinajstić information content (AvgIpc) is 3.38. The van der Waals surface area contributed by atoms with E-state index in [2.05, 4.69) is 34.2 Å². The van der Waals surface area contributed by atoms with Gasteiger partial charge >= 0.3 is 0 Å². The minimum Gasteiger partial charge on any atom is -0.464 e. The molecule has 164 valence electrons. The first-order valence-electron chi connectivity index (χ1n) is 10.3. The highest BCUT2D eigenvalue weighted by Crippen LogP contribution is 2.28. The monoisotopic (exact) mass is 441 g/mol. The van der Waals surface area contributed by atoms with Gasteiger partial charge in [0.2, 0.25) is 11.9 Å². The normalized spacial score (nSPS) is 14.1.